The Morgan fingerprint density at radius 3 is 2.50 bits per heavy atom. The van der Waals surface area contributed by atoms with Crippen molar-refractivity contribution in [2.45, 2.75) is 20.4 Å². The summed E-state index contributed by atoms with van der Waals surface area (Å²) in [6.07, 6.45) is 0. The van der Waals surface area contributed by atoms with Crippen LogP contribution >= 0.6 is 0 Å². The first kappa shape index (κ1) is 14.2. The van der Waals surface area contributed by atoms with Crippen molar-refractivity contribution >= 4 is 11.8 Å². The van der Waals surface area contributed by atoms with Crippen molar-refractivity contribution in [2.24, 2.45) is 0 Å². The number of hydrazine groups is 1. The summed E-state index contributed by atoms with van der Waals surface area (Å²) in [6.45, 7) is 3.93. The summed E-state index contributed by atoms with van der Waals surface area (Å²) in [7, 11) is 0. The van der Waals surface area contributed by atoms with Gasteiger partial charge in [0.15, 0.2) is 0 Å². The molecule has 0 heterocycles. The average molecular weight is 250 g/mol. The summed E-state index contributed by atoms with van der Waals surface area (Å²) in [5.74, 6) is -0.549. The molecule has 18 heavy (non-hydrogen) atoms. The Balaban J connectivity index is 2.66. The van der Waals surface area contributed by atoms with Gasteiger partial charge >= 0.3 is 0 Å². The Bertz CT molecular complexity index is 392. The molecule has 0 aliphatic heterocycles. The largest absolute Gasteiger partial charge is 0.372 e. The van der Waals surface area contributed by atoms with Gasteiger partial charge in [-0.15, -0.1) is 0 Å². The molecule has 0 fully saturated rings. The van der Waals surface area contributed by atoms with Gasteiger partial charge in [0.05, 0.1) is 6.54 Å². The lowest BCUT2D eigenvalue weighted by Gasteiger charge is -2.22. The average Bonchev–Trinajstić information content (AvgIpc) is 2.36. The highest BCUT2D eigenvalue weighted by molar-refractivity contribution is 5.81. The molecule has 0 radical (unpaired) electrons. The second-order valence-corrected chi connectivity index (χ2v) is 3.77. The van der Waals surface area contributed by atoms with E-state index in [0.29, 0.717) is 13.2 Å². The van der Waals surface area contributed by atoms with Gasteiger partial charge in [0.25, 0.3) is 5.91 Å². The van der Waals surface area contributed by atoms with Gasteiger partial charge in [-0.1, -0.05) is 30.3 Å². The van der Waals surface area contributed by atoms with Gasteiger partial charge in [0.2, 0.25) is 5.91 Å². The van der Waals surface area contributed by atoms with Gasteiger partial charge in [0.1, 0.15) is 6.61 Å². The van der Waals surface area contributed by atoms with Crippen LogP contribution in [0, 0.1) is 0 Å². The SMILES string of the molecule is CCOCC(=O)N(Cc1ccccc1)NC(C)=O. The van der Waals surface area contributed by atoms with Crippen molar-refractivity contribution < 1.29 is 14.3 Å². The molecule has 5 heteroatoms. The van der Waals surface area contributed by atoms with Gasteiger partial charge in [-0.3, -0.25) is 15.0 Å². The van der Waals surface area contributed by atoms with Gasteiger partial charge < -0.3 is 4.74 Å². The van der Waals surface area contributed by atoms with E-state index in [4.69, 9.17) is 4.74 Å². The third-order valence-electron chi connectivity index (χ3n) is 2.21. The normalized spacial score (nSPS) is 9.89. The van der Waals surface area contributed by atoms with Crippen LogP contribution in [0.25, 0.3) is 0 Å². The van der Waals surface area contributed by atoms with Gasteiger partial charge in [-0.25, -0.2) is 5.01 Å². The zero-order valence-corrected chi connectivity index (χ0v) is 10.7. The fraction of sp³-hybridized carbons (Fsp3) is 0.385. The smallest absolute Gasteiger partial charge is 0.267 e. The van der Waals surface area contributed by atoms with Crippen LogP contribution in [0.3, 0.4) is 0 Å². The van der Waals surface area contributed by atoms with Crippen LogP contribution in [-0.4, -0.2) is 30.0 Å². The first-order valence-corrected chi connectivity index (χ1v) is 5.82. The van der Waals surface area contributed by atoms with Crippen LogP contribution in [0.15, 0.2) is 30.3 Å². The molecule has 0 atom stereocenters. The Hall–Kier alpha value is -1.88. The maximum absolute atomic E-state index is 11.8. The number of carbonyl (C=O) groups excluding carboxylic acids is 2. The number of hydrogen-bond acceptors (Lipinski definition) is 3. The Morgan fingerprint density at radius 1 is 1.28 bits per heavy atom. The van der Waals surface area contributed by atoms with E-state index in [-0.39, 0.29) is 18.4 Å². The monoisotopic (exact) mass is 250 g/mol. The topological polar surface area (TPSA) is 58.6 Å². The van der Waals surface area contributed by atoms with Crippen molar-refractivity contribution in [3.63, 3.8) is 0 Å². The molecule has 0 unspecified atom stereocenters. The lowest BCUT2D eigenvalue weighted by Crippen LogP contribution is -2.46. The van der Waals surface area contributed by atoms with E-state index >= 15 is 0 Å². The second-order valence-electron chi connectivity index (χ2n) is 3.77. The molecule has 0 aromatic heterocycles. The highest BCUT2D eigenvalue weighted by atomic mass is 16.5. The number of rotatable bonds is 5. The summed E-state index contributed by atoms with van der Waals surface area (Å²) < 4.78 is 5.05. The van der Waals surface area contributed by atoms with Crippen molar-refractivity contribution in [1.82, 2.24) is 10.4 Å². The van der Waals surface area contributed by atoms with Gasteiger partial charge in [-0.05, 0) is 12.5 Å². The summed E-state index contributed by atoms with van der Waals surface area (Å²) in [4.78, 5) is 22.9. The van der Waals surface area contributed by atoms with Crippen LogP contribution in [0.5, 0.6) is 0 Å². The number of nitrogens with zero attached hydrogens (tertiary/aromatic N) is 1. The fourth-order valence-corrected chi connectivity index (χ4v) is 1.41. The van der Waals surface area contributed by atoms with Crippen LogP contribution in [-0.2, 0) is 20.9 Å². The third-order valence-corrected chi connectivity index (χ3v) is 2.21. The van der Waals surface area contributed by atoms with Crippen LogP contribution in [0.4, 0.5) is 0 Å². The molecule has 0 saturated heterocycles. The number of nitrogens with one attached hydrogen (secondary N) is 1. The van der Waals surface area contributed by atoms with Crippen molar-refractivity contribution in [3.05, 3.63) is 35.9 Å². The van der Waals surface area contributed by atoms with Crippen LogP contribution in [0.1, 0.15) is 19.4 Å². The number of benzene rings is 1. The number of ether oxygens (including phenoxy) is 1. The molecule has 1 rings (SSSR count). The van der Waals surface area contributed by atoms with Gasteiger partial charge in [0, 0.05) is 13.5 Å². The molecule has 0 spiro atoms. The van der Waals surface area contributed by atoms with Crippen LogP contribution in [0.2, 0.25) is 0 Å². The number of hydrogen-bond donors (Lipinski definition) is 1. The molecule has 98 valence electrons. The van der Waals surface area contributed by atoms with E-state index in [1.54, 1.807) is 0 Å². The van der Waals surface area contributed by atoms with E-state index in [2.05, 4.69) is 5.43 Å². The Kier molecular flexibility index (Phi) is 5.87. The zero-order chi connectivity index (χ0) is 13.4. The zero-order valence-electron chi connectivity index (χ0n) is 10.7. The number of carbonyl (C=O) groups is 2. The molecule has 0 saturated carbocycles. The summed E-state index contributed by atoms with van der Waals surface area (Å²) in [5, 5.41) is 1.27. The highest BCUT2D eigenvalue weighted by Crippen LogP contribution is 2.03. The van der Waals surface area contributed by atoms with Gasteiger partial charge in [-0.2, -0.15) is 0 Å². The molecular formula is C13H18N2O3. The second kappa shape index (κ2) is 7.45. The minimum Gasteiger partial charge on any atom is -0.372 e. The summed E-state index contributed by atoms with van der Waals surface area (Å²) >= 11 is 0. The standard InChI is InChI=1S/C13H18N2O3/c1-3-18-10-13(17)15(14-11(2)16)9-12-7-5-4-6-8-12/h4-8H,3,9-10H2,1-2H3,(H,14,16). The molecule has 1 aromatic rings. The molecule has 0 aliphatic carbocycles. The first-order valence-electron chi connectivity index (χ1n) is 5.82. The molecule has 0 aliphatic rings. The van der Waals surface area contributed by atoms with E-state index in [0.717, 1.165) is 5.56 Å². The van der Waals surface area contributed by atoms with Crippen molar-refractivity contribution in [3.8, 4) is 0 Å². The maximum atomic E-state index is 11.8. The van der Waals surface area contributed by atoms with E-state index in [1.165, 1.54) is 11.9 Å². The van der Waals surface area contributed by atoms with E-state index in [1.807, 2.05) is 37.3 Å². The lowest BCUT2D eigenvalue weighted by atomic mass is 10.2. The van der Waals surface area contributed by atoms with E-state index in [9.17, 15) is 9.59 Å². The third kappa shape index (κ3) is 4.97. The summed E-state index contributed by atoms with van der Waals surface area (Å²) in [6, 6.07) is 9.45. The molecule has 1 aromatic carbocycles. The first-order chi connectivity index (χ1) is 8.63. The summed E-state index contributed by atoms with van der Waals surface area (Å²) in [5.41, 5.74) is 3.44. The molecule has 2 amide bonds. The Morgan fingerprint density at radius 2 is 1.94 bits per heavy atom. The maximum Gasteiger partial charge on any atom is 0.267 e. The Labute approximate surface area is 107 Å². The van der Waals surface area contributed by atoms with Crippen LogP contribution < -0.4 is 5.43 Å². The number of amides is 2. The molecule has 1 N–H and O–H groups in total. The minimum absolute atomic E-state index is 0.0381. The van der Waals surface area contributed by atoms with Crippen molar-refractivity contribution in [1.29, 1.82) is 0 Å². The van der Waals surface area contributed by atoms with Crippen molar-refractivity contribution in [2.75, 3.05) is 13.2 Å². The molecular weight excluding hydrogens is 232 g/mol. The predicted octanol–water partition coefficient (Wildman–Crippen LogP) is 1.10. The molecule has 5 nitrogen and oxygen atoms in total. The molecule has 0 bridgehead atoms. The fourth-order valence-electron chi connectivity index (χ4n) is 1.41. The quantitative estimate of drug-likeness (QED) is 0.796. The minimum atomic E-state index is -0.282. The predicted molar refractivity (Wildman–Crippen MR) is 67.3 cm³/mol. The highest BCUT2D eigenvalue weighted by Gasteiger charge is 2.14. The lowest BCUT2D eigenvalue weighted by molar-refractivity contribution is -0.145. The van der Waals surface area contributed by atoms with E-state index < -0.39 is 0 Å².